The van der Waals surface area contributed by atoms with Crippen molar-refractivity contribution in [3.63, 3.8) is 0 Å². The van der Waals surface area contributed by atoms with Gasteiger partial charge in [-0.25, -0.2) is 0 Å². The Morgan fingerprint density at radius 1 is 1.36 bits per heavy atom. The van der Waals surface area contributed by atoms with E-state index in [0.717, 1.165) is 19.0 Å². The molecule has 1 fully saturated rings. The molecule has 1 N–H and O–H groups in total. The Hall–Kier alpha value is -1.10. The molecule has 0 saturated heterocycles. The molecule has 2 bridgehead atoms. The number of aromatic nitrogens is 1. The van der Waals surface area contributed by atoms with Gasteiger partial charge in [0.15, 0.2) is 0 Å². The lowest BCUT2D eigenvalue weighted by molar-refractivity contribution is -0.0281. The van der Waals surface area contributed by atoms with E-state index in [1.165, 1.54) is 24.1 Å². The van der Waals surface area contributed by atoms with Crippen molar-refractivity contribution in [1.29, 1.82) is 0 Å². The summed E-state index contributed by atoms with van der Waals surface area (Å²) < 4.78 is 8.22. The molecule has 5 rings (SSSR count). The standard InChI is InChI=1S/C21H32N2O2/c1-15-20-5-4-8-22(20)9-10-23(15)12-18(24)14-25-13-16-6-7-17-11-19(16)21(17,2)3/h4-6,8,15,17-19,24H,7,9-14H2,1-3H3/t15-,17-,18-,19-/m1/s1. The van der Waals surface area contributed by atoms with Crippen LogP contribution >= 0.6 is 0 Å². The highest BCUT2D eigenvalue weighted by Crippen LogP contribution is 2.59. The fraction of sp³-hybridized carbons (Fsp3) is 0.714. The topological polar surface area (TPSA) is 37.6 Å². The highest BCUT2D eigenvalue weighted by molar-refractivity contribution is 5.23. The molecule has 3 aliphatic carbocycles. The Morgan fingerprint density at radius 2 is 2.20 bits per heavy atom. The minimum atomic E-state index is -0.421. The van der Waals surface area contributed by atoms with E-state index in [0.29, 0.717) is 37.1 Å². The molecule has 25 heavy (non-hydrogen) atoms. The SMILES string of the molecule is C[C@@H]1c2cccn2CCN1C[C@@H](O)COCC1=CC[C@@H]2C[C@H]1C2(C)C. The van der Waals surface area contributed by atoms with Gasteiger partial charge in [-0.05, 0) is 54.7 Å². The summed E-state index contributed by atoms with van der Waals surface area (Å²) in [5.41, 5.74) is 3.25. The Bertz CT molecular complexity index is 648. The Labute approximate surface area is 151 Å². The number of hydrogen-bond acceptors (Lipinski definition) is 3. The minimum absolute atomic E-state index is 0.354. The number of nitrogens with zero attached hydrogens (tertiary/aromatic N) is 2. The van der Waals surface area contributed by atoms with E-state index in [-0.39, 0.29) is 0 Å². The number of hydrogen-bond donors (Lipinski definition) is 1. The lowest BCUT2D eigenvalue weighted by Gasteiger charge is -2.56. The highest BCUT2D eigenvalue weighted by atomic mass is 16.5. The number of fused-ring (bicyclic) bond motifs is 2. The van der Waals surface area contributed by atoms with Crippen LogP contribution in [0, 0.1) is 17.3 Å². The molecule has 4 atom stereocenters. The molecule has 0 aromatic carbocycles. The van der Waals surface area contributed by atoms with Crippen LogP contribution in [0.5, 0.6) is 0 Å². The summed E-state index contributed by atoms with van der Waals surface area (Å²) in [6.45, 7) is 10.8. The molecule has 138 valence electrons. The molecule has 0 amide bonds. The third kappa shape index (κ3) is 3.09. The van der Waals surface area contributed by atoms with Crippen molar-refractivity contribution in [3.8, 4) is 0 Å². The fourth-order valence-corrected chi connectivity index (χ4v) is 5.15. The molecule has 1 aromatic rings. The van der Waals surface area contributed by atoms with Crippen LogP contribution < -0.4 is 0 Å². The lowest BCUT2D eigenvalue weighted by Crippen LogP contribution is -2.48. The van der Waals surface area contributed by atoms with Gasteiger partial charge in [0, 0.05) is 37.6 Å². The van der Waals surface area contributed by atoms with E-state index in [1.54, 1.807) is 0 Å². The summed E-state index contributed by atoms with van der Waals surface area (Å²) in [5, 5.41) is 10.4. The third-order valence-corrected chi connectivity index (χ3v) is 7.08. The summed E-state index contributed by atoms with van der Waals surface area (Å²) in [6, 6.07) is 4.65. The molecular formula is C21H32N2O2. The van der Waals surface area contributed by atoms with Crippen molar-refractivity contribution < 1.29 is 9.84 Å². The van der Waals surface area contributed by atoms with Crippen molar-refractivity contribution in [3.05, 3.63) is 35.7 Å². The first-order valence-corrected chi connectivity index (χ1v) is 9.80. The van der Waals surface area contributed by atoms with Crippen LogP contribution in [-0.4, -0.2) is 47.0 Å². The van der Waals surface area contributed by atoms with Crippen LogP contribution in [0.4, 0.5) is 0 Å². The molecule has 0 radical (unpaired) electrons. The first-order valence-electron chi connectivity index (χ1n) is 9.80. The average Bonchev–Trinajstić information content (AvgIpc) is 3.07. The number of allylic oxidation sites excluding steroid dienone is 1. The molecule has 1 saturated carbocycles. The summed E-state index contributed by atoms with van der Waals surface area (Å²) in [7, 11) is 0. The number of aliphatic hydroxyl groups is 1. The number of rotatable bonds is 6. The summed E-state index contributed by atoms with van der Waals surface area (Å²) in [4.78, 5) is 2.36. The van der Waals surface area contributed by atoms with E-state index in [2.05, 4.69) is 54.6 Å². The van der Waals surface area contributed by atoms with Gasteiger partial charge >= 0.3 is 0 Å². The molecule has 4 nitrogen and oxygen atoms in total. The predicted octanol–water partition coefficient (Wildman–Crippen LogP) is 3.23. The molecule has 0 spiro atoms. The first kappa shape index (κ1) is 17.3. The zero-order valence-electron chi connectivity index (χ0n) is 15.8. The van der Waals surface area contributed by atoms with E-state index in [4.69, 9.17) is 4.74 Å². The second-order valence-corrected chi connectivity index (χ2v) is 8.79. The van der Waals surface area contributed by atoms with Crippen molar-refractivity contribution >= 4 is 0 Å². The second-order valence-electron chi connectivity index (χ2n) is 8.79. The first-order chi connectivity index (χ1) is 12.0. The van der Waals surface area contributed by atoms with Crippen LogP contribution in [0.25, 0.3) is 0 Å². The maximum atomic E-state index is 10.4. The Morgan fingerprint density at radius 3 is 2.96 bits per heavy atom. The van der Waals surface area contributed by atoms with Gasteiger partial charge in [-0.3, -0.25) is 4.90 Å². The Balaban J connectivity index is 1.24. The normalized spacial score (nSPS) is 31.8. The maximum absolute atomic E-state index is 10.4. The molecular weight excluding hydrogens is 312 g/mol. The van der Waals surface area contributed by atoms with Gasteiger partial charge in [0.25, 0.3) is 0 Å². The van der Waals surface area contributed by atoms with E-state index >= 15 is 0 Å². The quantitative estimate of drug-likeness (QED) is 0.805. The largest absolute Gasteiger partial charge is 0.389 e. The van der Waals surface area contributed by atoms with Crippen molar-refractivity contribution in [2.24, 2.45) is 17.3 Å². The third-order valence-electron chi connectivity index (χ3n) is 7.08. The molecule has 0 unspecified atom stereocenters. The summed E-state index contributed by atoms with van der Waals surface area (Å²) in [6.07, 6.45) is 6.64. The van der Waals surface area contributed by atoms with Gasteiger partial charge in [-0.2, -0.15) is 0 Å². The van der Waals surface area contributed by atoms with Crippen LogP contribution in [0.15, 0.2) is 30.0 Å². The van der Waals surface area contributed by atoms with Crippen LogP contribution in [0.3, 0.4) is 0 Å². The highest BCUT2D eigenvalue weighted by Gasteiger charge is 2.50. The van der Waals surface area contributed by atoms with E-state index < -0.39 is 6.10 Å². The number of ether oxygens (including phenoxy) is 1. The monoisotopic (exact) mass is 344 g/mol. The van der Waals surface area contributed by atoms with Crippen LogP contribution in [0.2, 0.25) is 0 Å². The van der Waals surface area contributed by atoms with Gasteiger partial charge in [0.1, 0.15) is 0 Å². The Kier molecular flexibility index (Phi) is 4.55. The molecule has 4 heteroatoms. The van der Waals surface area contributed by atoms with E-state index in [1.807, 2.05) is 0 Å². The number of aliphatic hydroxyl groups excluding tert-OH is 1. The molecule has 4 aliphatic rings. The summed E-state index contributed by atoms with van der Waals surface area (Å²) in [5.74, 6) is 1.56. The van der Waals surface area contributed by atoms with Gasteiger partial charge in [0.2, 0.25) is 0 Å². The average molecular weight is 344 g/mol. The van der Waals surface area contributed by atoms with Gasteiger partial charge in [-0.1, -0.05) is 19.9 Å². The molecule has 1 aromatic heterocycles. The summed E-state index contributed by atoms with van der Waals surface area (Å²) >= 11 is 0. The van der Waals surface area contributed by atoms with Gasteiger partial charge in [0.05, 0.1) is 19.3 Å². The minimum Gasteiger partial charge on any atom is -0.389 e. The maximum Gasteiger partial charge on any atom is 0.0900 e. The van der Waals surface area contributed by atoms with E-state index in [9.17, 15) is 5.11 Å². The fourth-order valence-electron chi connectivity index (χ4n) is 5.15. The smallest absolute Gasteiger partial charge is 0.0900 e. The number of β-amino-alcohol motifs (C(OH)–C–C–N with tert-alkyl or cyclic N) is 1. The van der Waals surface area contributed by atoms with Crippen LogP contribution in [-0.2, 0) is 11.3 Å². The zero-order valence-corrected chi connectivity index (χ0v) is 15.8. The lowest BCUT2D eigenvalue weighted by atomic mass is 9.49. The van der Waals surface area contributed by atoms with Gasteiger partial charge < -0.3 is 14.4 Å². The van der Waals surface area contributed by atoms with Crippen molar-refractivity contribution in [1.82, 2.24) is 9.47 Å². The molecule has 2 heterocycles. The zero-order chi connectivity index (χ0) is 17.6. The van der Waals surface area contributed by atoms with Crippen molar-refractivity contribution in [2.75, 3.05) is 26.3 Å². The van der Waals surface area contributed by atoms with Gasteiger partial charge in [-0.15, -0.1) is 0 Å². The predicted molar refractivity (Wildman–Crippen MR) is 99.3 cm³/mol. The molecule has 1 aliphatic heterocycles. The van der Waals surface area contributed by atoms with Crippen molar-refractivity contribution in [2.45, 2.75) is 52.3 Å². The van der Waals surface area contributed by atoms with Crippen LogP contribution in [0.1, 0.15) is 45.3 Å². The second kappa shape index (κ2) is 6.57.